The van der Waals surface area contributed by atoms with Crippen molar-refractivity contribution in [2.24, 2.45) is 0 Å². The number of carbonyl (C=O) groups excluding carboxylic acids is 1. The summed E-state index contributed by atoms with van der Waals surface area (Å²) in [7, 11) is 0. The molecule has 4 aromatic rings. The molecular weight excluding hydrogens is 336 g/mol. The van der Waals surface area contributed by atoms with Crippen molar-refractivity contribution in [3.63, 3.8) is 0 Å². The number of amides is 1. The molecule has 5 heteroatoms. The van der Waals surface area contributed by atoms with E-state index < -0.39 is 0 Å². The zero-order valence-corrected chi connectivity index (χ0v) is 15.3. The van der Waals surface area contributed by atoms with Crippen LogP contribution in [-0.2, 0) is 17.9 Å². The number of rotatable bonds is 6. The van der Waals surface area contributed by atoms with E-state index in [9.17, 15) is 4.79 Å². The van der Waals surface area contributed by atoms with Gasteiger partial charge in [-0.1, -0.05) is 24.3 Å². The minimum absolute atomic E-state index is 0.0653. The Bertz CT molecular complexity index is 1090. The molecule has 2 heterocycles. The fourth-order valence-electron chi connectivity index (χ4n) is 3.48. The quantitative estimate of drug-likeness (QED) is 0.549. The number of nitrogens with zero attached hydrogens (tertiary/aromatic N) is 2. The second-order valence-electron chi connectivity index (χ2n) is 6.47. The number of fused-ring (bicyclic) bond motifs is 3. The maximum absolute atomic E-state index is 12.3. The lowest BCUT2D eigenvalue weighted by atomic mass is 10.1. The summed E-state index contributed by atoms with van der Waals surface area (Å²) >= 11 is 0. The monoisotopic (exact) mass is 358 g/mol. The van der Waals surface area contributed by atoms with Crippen LogP contribution in [0.2, 0.25) is 0 Å². The third kappa shape index (κ3) is 3.55. The van der Waals surface area contributed by atoms with E-state index in [0.717, 1.165) is 23.3 Å². The number of benzene rings is 2. The molecule has 0 fully saturated rings. The van der Waals surface area contributed by atoms with Crippen LogP contribution in [0.3, 0.4) is 0 Å². The zero-order valence-electron chi connectivity index (χ0n) is 15.3. The van der Waals surface area contributed by atoms with E-state index in [1.807, 2.05) is 24.3 Å². The minimum Gasteiger partial charge on any atom is -0.341 e. The van der Waals surface area contributed by atoms with E-state index in [0.29, 0.717) is 6.54 Å². The second-order valence-corrected chi connectivity index (χ2v) is 6.47. The number of pyridine rings is 1. The van der Waals surface area contributed by atoms with Crippen LogP contribution in [0.1, 0.15) is 12.6 Å². The summed E-state index contributed by atoms with van der Waals surface area (Å²) < 4.78 is 2.30. The minimum atomic E-state index is -0.0653. The van der Waals surface area contributed by atoms with Crippen molar-refractivity contribution in [1.82, 2.24) is 14.9 Å². The van der Waals surface area contributed by atoms with E-state index in [1.54, 1.807) is 6.20 Å². The molecule has 0 aliphatic rings. The topological polar surface area (TPSA) is 59.0 Å². The standard InChI is InChI=1S/C22H22N4O/c1-2-26-20-9-4-3-8-18(20)19-13-16(10-11-21(19)26)25-22(27)15-23-14-17-7-5-6-12-24-17/h3-13,23H,2,14-15H2,1H3,(H,25,27). The van der Waals surface area contributed by atoms with E-state index in [4.69, 9.17) is 0 Å². The van der Waals surface area contributed by atoms with Gasteiger partial charge in [-0.25, -0.2) is 0 Å². The smallest absolute Gasteiger partial charge is 0.238 e. The first-order valence-corrected chi connectivity index (χ1v) is 9.17. The van der Waals surface area contributed by atoms with Gasteiger partial charge in [0, 0.05) is 46.8 Å². The molecule has 5 nitrogen and oxygen atoms in total. The Hall–Kier alpha value is -3.18. The first kappa shape index (κ1) is 17.2. The van der Waals surface area contributed by atoms with Crippen LogP contribution < -0.4 is 10.6 Å². The van der Waals surface area contributed by atoms with Gasteiger partial charge in [0.15, 0.2) is 0 Å². The molecule has 2 aromatic heterocycles. The molecule has 0 bridgehead atoms. The van der Waals surface area contributed by atoms with Crippen molar-refractivity contribution in [1.29, 1.82) is 0 Å². The molecule has 0 saturated carbocycles. The molecule has 27 heavy (non-hydrogen) atoms. The molecule has 2 aromatic carbocycles. The average Bonchev–Trinajstić information content (AvgIpc) is 3.02. The maximum atomic E-state index is 12.3. The van der Waals surface area contributed by atoms with Gasteiger partial charge in [0.25, 0.3) is 0 Å². The van der Waals surface area contributed by atoms with Gasteiger partial charge in [0.05, 0.1) is 12.2 Å². The third-order valence-electron chi connectivity index (χ3n) is 4.69. The average molecular weight is 358 g/mol. The first-order chi connectivity index (χ1) is 13.3. The number of anilines is 1. The Morgan fingerprint density at radius 3 is 2.63 bits per heavy atom. The summed E-state index contributed by atoms with van der Waals surface area (Å²) in [5.74, 6) is -0.0653. The summed E-state index contributed by atoms with van der Waals surface area (Å²) in [6.07, 6.45) is 1.75. The summed E-state index contributed by atoms with van der Waals surface area (Å²) in [6.45, 7) is 3.87. The van der Waals surface area contributed by atoms with Crippen LogP contribution in [0.15, 0.2) is 66.9 Å². The van der Waals surface area contributed by atoms with Crippen molar-refractivity contribution in [2.45, 2.75) is 20.0 Å². The fraction of sp³-hybridized carbons (Fsp3) is 0.182. The van der Waals surface area contributed by atoms with Crippen molar-refractivity contribution >= 4 is 33.4 Å². The number of aryl methyl sites for hydroxylation is 1. The van der Waals surface area contributed by atoms with Crippen LogP contribution in [0, 0.1) is 0 Å². The third-order valence-corrected chi connectivity index (χ3v) is 4.69. The lowest BCUT2D eigenvalue weighted by Gasteiger charge is -2.08. The van der Waals surface area contributed by atoms with E-state index in [1.165, 1.54) is 16.4 Å². The molecule has 0 unspecified atom stereocenters. The van der Waals surface area contributed by atoms with Crippen molar-refractivity contribution in [3.8, 4) is 0 Å². The Labute approximate surface area is 158 Å². The Morgan fingerprint density at radius 2 is 1.81 bits per heavy atom. The van der Waals surface area contributed by atoms with Crippen molar-refractivity contribution in [2.75, 3.05) is 11.9 Å². The Balaban J connectivity index is 1.49. The Kier molecular flexibility index (Phi) is 4.85. The lowest BCUT2D eigenvalue weighted by molar-refractivity contribution is -0.115. The largest absolute Gasteiger partial charge is 0.341 e. The molecule has 0 radical (unpaired) electrons. The number of carbonyl (C=O) groups is 1. The van der Waals surface area contributed by atoms with Gasteiger partial charge in [0.1, 0.15) is 0 Å². The molecular formula is C22H22N4O. The molecule has 1 amide bonds. The van der Waals surface area contributed by atoms with Crippen LogP contribution >= 0.6 is 0 Å². The molecule has 0 saturated heterocycles. The van der Waals surface area contributed by atoms with Gasteiger partial charge >= 0.3 is 0 Å². The van der Waals surface area contributed by atoms with Crippen LogP contribution in [0.5, 0.6) is 0 Å². The maximum Gasteiger partial charge on any atom is 0.238 e. The highest BCUT2D eigenvalue weighted by Gasteiger charge is 2.10. The normalized spacial score (nSPS) is 11.1. The second kappa shape index (κ2) is 7.60. The lowest BCUT2D eigenvalue weighted by Crippen LogP contribution is -2.27. The highest BCUT2D eigenvalue weighted by Crippen LogP contribution is 2.30. The van der Waals surface area contributed by atoms with Gasteiger partial charge < -0.3 is 15.2 Å². The van der Waals surface area contributed by atoms with Crippen LogP contribution in [0.25, 0.3) is 21.8 Å². The van der Waals surface area contributed by atoms with E-state index in [2.05, 4.69) is 63.5 Å². The first-order valence-electron chi connectivity index (χ1n) is 9.17. The van der Waals surface area contributed by atoms with Crippen molar-refractivity contribution < 1.29 is 4.79 Å². The number of nitrogens with one attached hydrogen (secondary N) is 2. The summed E-state index contributed by atoms with van der Waals surface area (Å²) in [5, 5.41) is 8.47. The molecule has 0 aliphatic carbocycles. The Morgan fingerprint density at radius 1 is 1.00 bits per heavy atom. The van der Waals surface area contributed by atoms with Gasteiger partial charge in [-0.05, 0) is 43.3 Å². The number of aromatic nitrogens is 2. The molecule has 2 N–H and O–H groups in total. The molecule has 4 rings (SSSR count). The predicted molar refractivity (Wildman–Crippen MR) is 110 cm³/mol. The van der Waals surface area contributed by atoms with Crippen LogP contribution in [-0.4, -0.2) is 22.0 Å². The summed E-state index contributed by atoms with van der Waals surface area (Å²) in [5.41, 5.74) is 4.13. The molecule has 0 spiro atoms. The van der Waals surface area contributed by atoms with Gasteiger partial charge in [-0.15, -0.1) is 0 Å². The highest BCUT2D eigenvalue weighted by molar-refractivity contribution is 6.09. The fourth-order valence-corrected chi connectivity index (χ4v) is 3.48. The van der Waals surface area contributed by atoms with E-state index >= 15 is 0 Å². The van der Waals surface area contributed by atoms with Gasteiger partial charge in [-0.2, -0.15) is 0 Å². The van der Waals surface area contributed by atoms with Crippen molar-refractivity contribution in [3.05, 3.63) is 72.6 Å². The molecule has 0 aliphatic heterocycles. The summed E-state index contributed by atoms with van der Waals surface area (Å²) in [6, 6.07) is 20.2. The zero-order chi connectivity index (χ0) is 18.6. The van der Waals surface area contributed by atoms with E-state index in [-0.39, 0.29) is 12.5 Å². The number of hydrogen-bond acceptors (Lipinski definition) is 3. The van der Waals surface area contributed by atoms with Crippen LogP contribution in [0.4, 0.5) is 5.69 Å². The number of hydrogen-bond donors (Lipinski definition) is 2. The van der Waals surface area contributed by atoms with Gasteiger partial charge in [0.2, 0.25) is 5.91 Å². The molecule has 0 atom stereocenters. The van der Waals surface area contributed by atoms with Gasteiger partial charge in [-0.3, -0.25) is 9.78 Å². The molecule has 136 valence electrons. The predicted octanol–water partition coefficient (Wildman–Crippen LogP) is 3.94. The summed E-state index contributed by atoms with van der Waals surface area (Å²) in [4.78, 5) is 16.5. The highest BCUT2D eigenvalue weighted by atomic mass is 16.1. The number of para-hydroxylation sites is 1. The SMILES string of the molecule is CCn1c2ccccc2c2cc(NC(=O)CNCc3ccccn3)ccc21.